The van der Waals surface area contributed by atoms with Gasteiger partial charge < -0.3 is 31.7 Å². The highest BCUT2D eigenvalue weighted by molar-refractivity contribution is 6.05. The first-order chi connectivity index (χ1) is 16.3. The summed E-state index contributed by atoms with van der Waals surface area (Å²) in [4.78, 5) is 27.3. The number of aromatic hydroxyl groups is 1. The van der Waals surface area contributed by atoms with E-state index in [0.717, 1.165) is 24.9 Å². The third-order valence-corrected chi connectivity index (χ3v) is 5.29. The summed E-state index contributed by atoms with van der Waals surface area (Å²) in [5, 5.41) is 18.2. The molecule has 3 rings (SSSR count). The van der Waals surface area contributed by atoms with Gasteiger partial charge >= 0.3 is 6.03 Å². The van der Waals surface area contributed by atoms with Crippen LogP contribution < -0.4 is 21.7 Å². The van der Waals surface area contributed by atoms with Gasteiger partial charge in [-0.05, 0) is 75.4 Å². The second-order valence-corrected chi connectivity index (χ2v) is 8.31. The molecule has 0 radical (unpaired) electrons. The Morgan fingerprint density at radius 3 is 2.38 bits per heavy atom. The number of carbonyl (C=O) groups is 2. The number of amides is 3. The van der Waals surface area contributed by atoms with Crippen LogP contribution in [0.25, 0.3) is 0 Å². The van der Waals surface area contributed by atoms with E-state index >= 15 is 0 Å². The van der Waals surface area contributed by atoms with Crippen molar-refractivity contribution >= 4 is 29.0 Å². The van der Waals surface area contributed by atoms with Crippen molar-refractivity contribution in [2.24, 2.45) is 0 Å². The molecule has 0 spiro atoms. The molecule has 0 fully saturated rings. The molecule has 1 unspecified atom stereocenters. The van der Waals surface area contributed by atoms with E-state index in [1.54, 1.807) is 48.5 Å². The van der Waals surface area contributed by atoms with Crippen LogP contribution in [0.4, 0.5) is 21.9 Å². The summed E-state index contributed by atoms with van der Waals surface area (Å²) in [6, 6.07) is 20.0. The summed E-state index contributed by atoms with van der Waals surface area (Å²) in [6.45, 7) is 0.880. The molecule has 3 aromatic carbocycles. The maximum atomic E-state index is 12.6. The van der Waals surface area contributed by atoms with Gasteiger partial charge in [0.05, 0.1) is 17.4 Å². The van der Waals surface area contributed by atoms with Crippen molar-refractivity contribution in [3.05, 3.63) is 83.9 Å². The fraction of sp³-hybridized carbons (Fsp3) is 0.231. The molecule has 0 heterocycles. The summed E-state index contributed by atoms with van der Waals surface area (Å²) in [6.07, 6.45) is 1.59. The standard InChI is InChI=1S/C26H31N5O3/c1-31(2)16-6-11-23(30-26(34)28-20-7-5-8-21(32)17-20)18-12-14-19(15-13-18)25(33)29-24-10-4-3-9-22(24)27/h3-5,7-10,12-15,17,23,32H,6,11,16,27H2,1-2H3,(H,29,33)(H2,28,30,34). The number of carbonyl (C=O) groups excluding carboxylic acids is 2. The van der Waals surface area contributed by atoms with Crippen molar-refractivity contribution in [1.29, 1.82) is 0 Å². The molecule has 0 saturated carbocycles. The number of nitrogens with one attached hydrogen (secondary N) is 3. The molecule has 3 amide bonds. The molecule has 0 saturated heterocycles. The second kappa shape index (κ2) is 11.7. The molecule has 0 aliphatic rings. The minimum Gasteiger partial charge on any atom is -0.508 e. The number of benzene rings is 3. The Bertz CT molecular complexity index is 1120. The lowest BCUT2D eigenvalue weighted by atomic mass is 10.00. The normalized spacial score (nSPS) is 11.6. The molecule has 6 N–H and O–H groups in total. The fourth-order valence-electron chi connectivity index (χ4n) is 3.52. The van der Waals surface area contributed by atoms with Crippen LogP contribution in [-0.4, -0.2) is 42.6 Å². The van der Waals surface area contributed by atoms with Crippen LogP contribution in [0.5, 0.6) is 5.75 Å². The minimum absolute atomic E-state index is 0.0754. The van der Waals surface area contributed by atoms with Gasteiger partial charge in [-0.2, -0.15) is 0 Å². The highest BCUT2D eigenvalue weighted by Gasteiger charge is 2.16. The summed E-state index contributed by atoms with van der Waals surface area (Å²) in [5.74, 6) is -0.186. The molecule has 1 atom stereocenters. The smallest absolute Gasteiger partial charge is 0.319 e. The third-order valence-electron chi connectivity index (χ3n) is 5.29. The third kappa shape index (κ3) is 7.25. The van der Waals surface area contributed by atoms with Crippen molar-refractivity contribution in [2.45, 2.75) is 18.9 Å². The van der Waals surface area contributed by atoms with E-state index in [1.807, 2.05) is 26.2 Å². The first-order valence-electron chi connectivity index (χ1n) is 11.1. The van der Waals surface area contributed by atoms with Gasteiger partial charge in [0.1, 0.15) is 5.75 Å². The maximum Gasteiger partial charge on any atom is 0.319 e. The van der Waals surface area contributed by atoms with E-state index in [2.05, 4.69) is 20.9 Å². The molecule has 0 aliphatic carbocycles. The van der Waals surface area contributed by atoms with Crippen LogP contribution in [0.1, 0.15) is 34.8 Å². The van der Waals surface area contributed by atoms with Crippen LogP contribution in [0.3, 0.4) is 0 Å². The monoisotopic (exact) mass is 461 g/mol. The minimum atomic E-state index is -0.373. The molecule has 0 aliphatic heterocycles. The van der Waals surface area contributed by atoms with Gasteiger partial charge in [0.25, 0.3) is 5.91 Å². The fourth-order valence-corrected chi connectivity index (χ4v) is 3.52. The molecule has 8 heteroatoms. The average molecular weight is 462 g/mol. The van der Waals surface area contributed by atoms with Crippen molar-refractivity contribution in [2.75, 3.05) is 37.0 Å². The van der Waals surface area contributed by atoms with Gasteiger partial charge in [0.15, 0.2) is 0 Å². The average Bonchev–Trinajstić information content (AvgIpc) is 2.80. The highest BCUT2D eigenvalue weighted by atomic mass is 16.3. The van der Waals surface area contributed by atoms with E-state index in [9.17, 15) is 14.7 Å². The predicted molar refractivity (Wildman–Crippen MR) is 136 cm³/mol. The zero-order chi connectivity index (χ0) is 24.5. The molecular formula is C26H31N5O3. The number of nitrogens with two attached hydrogens (primary N) is 1. The zero-order valence-corrected chi connectivity index (χ0v) is 19.4. The van der Waals surface area contributed by atoms with Crippen LogP contribution in [0, 0.1) is 0 Å². The predicted octanol–water partition coefficient (Wildman–Crippen LogP) is 4.43. The van der Waals surface area contributed by atoms with Crippen LogP contribution >= 0.6 is 0 Å². The van der Waals surface area contributed by atoms with Gasteiger partial charge in [-0.15, -0.1) is 0 Å². The Hall–Kier alpha value is -4.04. The van der Waals surface area contributed by atoms with Crippen molar-refractivity contribution in [1.82, 2.24) is 10.2 Å². The number of phenols is 1. The lowest BCUT2D eigenvalue weighted by Gasteiger charge is -2.21. The first kappa shape index (κ1) is 24.6. The molecule has 178 valence electrons. The summed E-state index contributed by atoms with van der Waals surface area (Å²) >= 11 is 0. The van der Waals surface area contributed by atoms with Crippen molar-refractivity contribution < 1.29 is 14.7 Å². The van der Waals surface area contributed by atoms with E-state index in [1.165, 1.54) is 12.1 Å². The van der Waals surface area contributed by atoms with Crippen molar-refractivity contribution in [3.63, 3.8) is 0 Å². The molecule has 0 aromatic heterocycles. The molecule has 8 nitrogen and oxygen atoms in total. The Balaban J connectivity index is 1.70. The van der Waals surface area contributed by atoms with E-state index in [0.29, 0.717) is 22.6 Å². The van der Waals surface area contributed by atoms with E-state index in [4.69, 9.17) is 5.73 Å². The SMILES string of the molecule is CN(C)CCCC(NC(=O)Nc1cccc(O)c1)c1ccc(C(=O)Nc2ccccc2N)cc1. The number of nitrogens with zero attached hydrogens (tertiary/aromatic N) is 1. The lowest BCUT2D eigenvalue weighted by Crippen LogP contribution is -2.33. The largest absolute Gasteiger partial charge is 0.508 e. The topological polar surface area (TPSA) is 120 Å². The van der Waals surface area contributed by atoms with Crippen molar-refractivity contribution in [3.8, 4) is 5.75 Å². The number of phenolic OH excluding ortho intramolecular Hbond substituents is 1. The maximum absolute atomic E-state index is 12.6. The number of anilines is 3. The Morgan fingerprint density at radius 1 is 0.971 bits per heavy atom. The highest BCUT2D eigenvalue weighted by Crippen LogP contribution is 2.22. The van der Waals surface area contributed by atoms with E-state index in [-0.39, 0.29) is 23.7 Å². The van der Waals surface area contributed by atoms with Crippen LogP contribution in [0.2, 0.25) is 0 Å². The summed E-state index contributed by atoms with van der Waals surface area (Å²) < 4.78 is 0. The van der Waals surface area contributed by atoms with Gasteiger partial charge in [0, 0.05) is 17.3 Å². The van der Waals surface area contributed by atoms with Gasteiger partial charge in [-0.1, -0.05) is 30.3 Å². The Kier molecular flexibility index (Phi) is 8.48. The van der Waals surface area contributed by atoms with E-state index < -0.39 is 0 Å². The van der Waals surface area contributed by atoms with Gasteiger partial charge in [0.2, 0.25) is 0 Å². The second-order valence-electron chi connectivity index (χ2n) is 8.31. The molecule has 0 bridgehead atoms. The first-order valence-corrected chi connectivity index (χ1v) is 11.1. The summed E-state index contributed by atoms with van der Waals surface area (Å²) in [5.41, 5.74) is 8.84. The number of hydrogen-bond acceptors (Lipinski definition) is 5. The van der Waals surface area contributed by atoms with Crippen LogP contribution in [0.15, 0.2) is 72.8 Å². The molecular weight excluding hydrogens is 430 g/mol. The van der Waals surface area contributed by atoms with Crippen LogP contribution in [-0.2, 0) is 0 Å². The Morgan fingerprint density at radius 2 is 1.71 bits per heavy atom. The number of hydrogen-bond donors (Lipinski definition) is 5. The van der Waals surface area contributed by atoms with Gasteiger partial charge in [-0.3, -0.25) is 4.79 Å². The molecule has 34 heavy (non-hydrogen) atoms. The lowest BCUT2D eigenvalue weighted by molar-refractivity contribution is 0.102. The van der Waals surface area contributed by atoms with Gasteiger partial charge in [-0.25, -0.2) is 4.79 Å². The number of rotatable bonds is 9. The molecule has 3 aromatic rings. The number of para-hydroxylation sites is 2. The zero-order valence-electron chi connectivity index (χ0n) is 19.4. The number of nitrogen functional groups attached to an aromatic ring is 1. The number of urea groups is 1. The quantitative estimate of drug-likeness (QED) is 0.302. The summed E-state index contributed by atoms with van der Waals surface area (Å²) in [7, 11) is 4.01. The Labute approximate surface area is 199 Å².